The molecular formula is C12H15N3O2. The molecule has 2 atom stereocenters. The first-order valence-electron chi connectivity index (χ1n) is 5.82. The Hall–Kier alpha value is -1.46. The summed E-state index contributed by atoms with van der Waals surface area (Å²) in [5.41, 5.74) is 2.02. The number of rotatable bonds is 1. The molecule has 0 aliphatic carbocycles. The third-order valence-electron chi connectivity index (χ3n) is 3.30. The number of nitrogens with one attached hydrogen (secondary N) is 1. The van der Waals surface area contributed by atoms with Gasteiger partial charge in [-0.3, -0.25) is 14.7 Å². The van der Waals surface area contributed by atoms with E-state index in [2.05, 4.69) is 15.2 Å². The number of pyridine rings is 1. The summed E-state index contributed by atoms with van der Waals surface area (Å²) in [7, 11) is 0. The van der Waals surface area contributed by atoms with Gasteiger partial charge in [0.2, 0.25) is 5.91 Å². The van der Waals surface area contributed by atoms with Gasteiger partial charge in [0.15, 0.2) is 0 Å². The van der Waals surface area contributed by atoms with Crippen molar-refractivity contribution in [3.8, 4) is 0 Å². The molecule has 2 aliphatic rings. The van der Waals surface area contributed by atoms with Crippen LogP contribution in [-0.4, -0.2) is 41.6 Å². The van der Waals surface area contributed by atoms with Gasteiger partial charge in [0.1, 0.15) is 12.2 Å². The van der Waals surface area contributed by atoms with Crippen LogP contribution >= 0.6 is 0 Å². The van der Waals surface area contributed by atoms with E-state index in [9.17, 15) is 4.79 Å². The minimum atomic E-state index is -0.156. The van der Waals surface area contributed by atoms with Crippen LogP contribution in [0.1, 0.15) is 17.4 Å². The summed E-state index contributed by atoms with van der Waals surface area (Å²) in [5.74, 6) is 0.0390. The molecule has 17 heavy (non-hydrogen) atoms. The second-order valence-electron chi connectivity index (χ2n) is 4.50. The number of hydrogen-bond acceptors (Lipinski definition) is 4. The van der Waals surface area contributed by atoms with E-state index >= 15 is 0 Å². The molecule has 1 amide bonds. The molecule has 0 unspecified atom stereocenters. The first kappa shape index (κ1) is 10.7. The molecule has 5 nitrogen and oxygen atoms in total. The molecule has 1 N–H and O–H groups in total. The first-order chi connectivity index (χ1) is 8.25. The van der Waals surface area contributed by atoms with Gasteiger partial charge in [-0.2, -0.15) is 0 Å². The van der Waals surface area contributed by atoms with Gasteiger partial charge in [0.25, 0.3) is 0 Å². The number of fused-ring (bicyclic) bond motifs is 1. The van der Waals surface area contributed by atoms with E-state index in [-0.39, 0.29) is 18.1 Å². The highest BCUT2D eigenvalue weighted by Gasteiger charge is 2.42. The number of nitrogens with zero attached hydrogens (tertiary/aromatic N) is 2. The van der Waals surface area contributed by atoms with Crippen LogP contribution in [0.3, 0.4) is 0 Å². The largest absolute Gasteiger partial charge is 0.378 e. The van der Waals surface area contributed by atoms with Gasteiger partial charge in [0.05, 0.1) is 18.9 Å². The van der Waals surface area contributed by atoms with Gasteiger partial charge in [-0.1, -0.05) is 6.07 Å². The zero-order chi connectivity index (χ0) is 11.8. The quantitative estimate of drug-likeness (QED) is 0.754. The molecule has 90 valence electrons. The summed E-state index contributed by atoms with van der Waals surface area (Å²) < 4.78 is 5.33. The van der Waals surface area contributed by atoms with Crippen LogP contribution in [0.2, 0.25) is 0 Å². The Bertz CT molecular complexity index is 432. The summed E-state index contributed by atoms with van der Waals surface area (Å²) in [6.45, 7) is 3.92. The van der Waals surface area contributed by atoms with E-state index in [4.69, 9.17) is 4.74 Å². The van der Waals surface area contributed by atoms with E-state index in [0.29, 0.717) is 13.2 Å². The molecule has 0 bridgehead atoms. The second kappa shape index (κ2) is 4.09. The zero-order valence-corrected chi connectivity index (χ0v) is 9.72. The summed E-state index contributed by atoms with van der Waals surface area (Å²) in [6.07, 6.45) is 1.73. The van der Waals surface area contributed by atoms with Crippen LogP contribution in [-0.2, 0) is 9.53 Å². The standard InChI is InChI=1S/C12H15N3O2/c1-8-2-3-9(13-6-8)11-14-12(16)10-7-17-5-4-15(10)11/h2-3,6,10-11H,4-5,7H2,1H3,(H,14,16)/t10-,11+/m0/s1. The number of carbonyl (C=O) groups excluding carboxylic acids is 1. The van der Waals surface area contributed by atoms with Crippen LogP contribution in [0.5, 0.6) is 0 Å². The third-order valence-corrected chi connectivity index (χ3v) is 3.30. The molecule has 0 aromatic carbocycles. The average molecular weight is 233 g/mol. The molecule has 3 rings (SSSR count). The fourth-order valence-electron chi connectivity index (χ4n) is 2.35. The van der Waals surface area contributed by atoms with Gasteiger partial charge in [-0.15, -0.1) is 0 Å². The number of ether oxygens (including phenoxy) is 1. The van der Waals surface area contributed by atoms with Crippen molar-refractivity contribution in [2.24, 2.45) is 0 Å². The van der Waals surface area contributed by atoms with Gasteiger partial charge in [-0.05, 0) is 18.6 Å². The van der Waals surface area contributed by atoms with Crippen molar-refractivity contribution in [1.82, 2.24) is 15.2 Å². The molecule has 2 saturated heterocycles. The predicted octanol–water partition coefficient (Wildman–Crippen LogP) is 0.219. The van der Waals surface area contributed by atoms with E-state index in [1.165, 1.54) is 0 Å². The van der Waals surface area contributed by atoms with Crippen LogP contribution in [0.4, 0.5) is 0 Å². The normalized spacial score (nSPS) is 28.9. The highest BCUT2D eigenvalue weighted by molar-refractivity contribution is 5.84. The van der Waals surface area contributed by atoms with Crippen molar-refractivity contribution in [3.63, 3.8) is 0 Å². The van der Waals surface area contributed by atoms with Gasteiger partial charge < -0.3 is 10.1 Å². The van der Waals surface area contributed by atoms with Crippen molar-refractivity contribution < 1.29 is 9.53 Å². The minimum absolute atomic E-state index is 0.0390. The Balaban J connectivity index is 1.88. The number of hydrogen-bond donors (Lipinski definition) is 1. The number of aryl methyl sites for hydroxylation is 1. The molecule has 2 fully saturated rings. The lowest BCUT2D eigenvalue weighted by molar-refractivity contribution is -0.125. The van der Waals surface area contributed by atoms with Crippen molar-refractivity contribution in [2.45, 2.75) is 19.1 Å². The average Bonchev–Trinajstić information content (AvgIpc) is 2.69. The minimum Gasteiger partial charge on any atom is -0.378 e. The highest BCUT2D eigenvalue weighted by Crippen LogP contribution is 2.26. The lowest BCUT2D eigenvalue weighted by Crippen LogP contribution is -2.44. The fourth-order valence-corrected chi connectivity index (χ4v) is 2.35. The second-order valence-corrected chi connectivity index (χ2v) is 4.50. The molecular weight excluding hydrogens is 218 g/mol. The zero-order valence-electron chi connectivity index (χ0n) is 9.72. The van der Waals surface area contributed by atoms with Crippen molar-refractivity contribution >= 4 is 5.91 Å². The summed E-state index contributed by atoms with van der Waals surface area (Å²) in [4.78, 5) is 18.3. The number of amides is 1. The molecule has 0 radical (unpaired) electrons. The maximum atomic E-state index is 11.8. The molecule has 5 heteroatoms. The van der Waals surface area contributed by atoms with E-state index in [0.717, 1.165) is 17.8 Å². The van der Waals surface area contributed by atoms with Gasteiger partial charge in [0, 0.05) is 12.7 Å². The molecule has 1 aromatic rings. The summed E-state index contributed by atoms with van der Waals surface area (Å²) in [6, 6.07) is 3.83. The van der Waals surface area contributed by atoms with Crippen molar-refractivity contribution in [2.75, 3.05) is 19.8 Å². The summed E-state index contributed by atoms with van der Waals surface area (Å²) in [5, 5.41) is 2.98. The smallest absolute Gasteiger partial charge is 0.241 e. The van der Waals surface area contributed by atoms with Crippen LogP contribution < -0.4 is 5.32 Å². The van der Waals surface area contributed by atoms with Crippen molar-refractivity contribution in [3.05, 3.63) is 29.6 Å². The number of aromatic nitrogens is 1. The maximum Gasteiger partial charge on any atom is 0.241 e. The van der Waals surface area contributed by atoms with Crippen LogP contribution in [0.15, 0.2) is 18.3 Å². The number of morpholine rings is 1. The monoisotopic (exact) mass is 233 g/mol. The van der Waals surface area contributed by atoms with Gasteiger partial charge in [-0.25, -0.2) is 0 Å². The molecule has 0 saturated carbocycles. The molecule has 0 spiro atoms. The Kier molecular flexibility index (Phi) is 2.57. The Labute approximate surface area is 99.8 Å². The Morgan fingerprint density at radius 3 is 3.18 bits per heavy atom. The molecule has 2 aliphatic heterocycles. The summed E-state index contributed by atoms with van der Waals surface area (Å²) >= 11 is 0. The van der Waals surface area contributed by atoms with Crippen LogP contribution in [0.25, 0.3) is 0 Å². The van der Waals surface area contributed by atoms with Gasteiger partial charge >= 0.3 is 0 Å². The predicted molar refractivity (Wildman–Crippen MR) is 61.2 cm³/mol. The first-order valence-corrected chi connectivity index (χ1v) is 5.82. The molecule has 3 heterocycles. The van der Waals surface area contributed by atoms with Crippen LogP contribution in [0, 0.1) is 6.92 Å². The molecule has 1 aromatic heterocycles. The van der Waals surface area contributed by atoms with E-state index < -0.39 is 0 Å². The Morgan fingerprint density at radius 1 is 1.53 bits per heavy atom. The topological polar surface area (TPSA) is 54.5 Å². The SMILES string of the molecule is Cc1ccc([C@@H]2NC(=O)[C@@H]3COCCN32)nc1. The van der Waals surface area contributed by atoms with E-state index in [1.807, 2.05) is 25.3 Å². The maximum absolute atomic E-state index is 11.8. The highest BCUT2D eigenvalue weighted by atomic mass is 16.5. The lowest BCUT2D eigenvalue weighted by atomic mass is 10.2. The Morgan fingerprint density at radius 2 is 2.41 bits per heavy atom. The van der Waals surface area contributed by atoms with E-state index in [1.54, 1.807) is 0 Å². The third kappa shape index (κ3) is 1.81. The fraction of sp³-hybridized carbons (Fsp3) is 0.500. The number of carbonyl (C=O) groups is 1. The lowest BCUT2D eigenvalue weighted by Gasteiger charge is -2.30. The van der Waals surface area contributed by atoms with Crippen molar-refractivity contribution in [1.29, 1.82) is 0 Å².